The number of carbonyl (C=O) groups is 3. The van der Waals surface area contributed by atoms with E-state index >= 15 is 0 Å². The third-order valence-corrected chi connectivity index (χ3v) is 4.20. The quantitative estimate of drug-likeness (QED) is 0.629. The van der Waals surface area contributed by atoms with E-state index in [9.17, 15) is 14.4 Å². The van der Waals surface area contributed by atoms with E-state index in [1.165, 1.54) is 19.3 Å². The van der Waals surface area contributed by atoms with E-state index in [0.717, 1.165) is 25.7 Å². The van der Waals surface area contributed by atoms with Crippen molar-refractivity contribution in [3.8, 4) is 0 Å². The largest absolute Gasteiger partial charge is 0.480 e. The molecule has 1 atom stereocenters. The van der Waals surface area contributed by atoms with Crippen LogP contribution in [0.25, 0.3) is 0 Å². The van der Waals surface area contributed by atoms with Gasteiger partial charge in [-0.1, -0.05) is 26.2 Å². The number of carboxylic acids is 1. The van der Waals surface area contributed by atoms with E-state index in [0.29, 0.717) is 5.92 Å². The molecule has 1 saturated carbocycles. The van der Waals surface area contributed by atoms with Gasteiger partial charge in [0.05, 0.1) is 6.42 Å². The summed E-state index contributed by atoms with van der Waals surface area (Å²) in [5.41, 5.74) is 5.00. The molecule has 0 saturated heterocycles. The Labute approximate surface area is 125 Å². The van der Waals surface area contributed by atoms with Crippen molar-refractivity contribution in [1.29, 1.82) is 0 Å². The molecule has 1 rings (SSSR count). The molecule has 0 radical (unpaired) electrons. The van der Waals surface area contributed by atoms with E-state index in [1.54, 1.807) is 0 Å². The van der Waals surface area contributed by atoms with Crippen LogP contribution < -0.4 is 11.1 Å². The third-order valence-electron chi connectivity index (χ3n) is 4.20. The number of aliphatic carboxylic acids is 1. The zero-order chi connectivity index (χ0) is 15.8. The summed E-state index contributed by atoms with van der Waals surface area (Å²) in [4.78, 5) is 33.9. The van der Waals surface area contributed by atoms with Gasteiger partial charge in [-0.25, -0.2) is 4.79 Å². The molecule has 0 unspecified atom stereocenters. The number of primary amides is 1. The molecule has 0 aliphatic heterocycles. The first-order valence-electron chi connectivity index (χ1n) is 7.75. The number of nitrogens with one attached hydrogen (secondary N) is 1. The number of hydrogen-bond donors (Lipinski definition) is 3. The number of hydrogen-bond acceptors (Lipinski definition) is 3. The van der Waals surface area contributed by atoms with Crippen LogP contribution in [0, 0.1) is 11.8 Å². The maximum absolute atomic E-state index is 12.1. The molecule has 1 fully saturated rings. The molecule has 0 bridgehead atoms. The second-order valence-corrected chi connectivity index (χ2v) is 5.93. The van der Waals surface area contributed by atoms with Crippen LogP contribution in [-0.4, -0.2) is 28.9 Å². The smallest absolute Gasteiger partial charge is 0.326 e. The highest BCUT2D eigenvalue weighted by atomic mass is 16.4. The zero-order valence-electron chi connectivity index (χ0n) is 12.6. The van der Waals surface area contributed by atoms with Gasteiger partial charge >= 0.3 is 5.97 Å². The van der Waals surface area contributed by atoms with Gasteiger partial charge in [0, 0.05) is 5.92 Å². The number of unbranched alkanes of at least 4 members (excludes halogenated alkanes) is 1. The molecular formula is C15H26N2O4. The van der Waals surface area contributed by atoms with E-state index < -0.39 is 17.9 Å². The van der Waals surface area contributed by atoms with Gasteiger partial charge in [-0.2, -0.15) is 0 Å². The number of carbonyl (C=O) groups excluding carboxylic acids is 2. The lowest BCUT2D eigenvalue weighted by Gasteiger charge is -2.28. The van der Waals surface area contributed by atoms with Crippen molar-refractivity contribution in [3.05, 3.63) is 0 Å². The standard InChI is InChI=1S/C15H26N2O4/c1-2-3-4-10-5-7-11(8-6-10)14(19)17-12(15(20)21)9-13(16)18/h10-12H,2-9H2,1H3,(H2,16,18)(H,17,19)(H,20,21)/t10?,11?,12-/m0/s1. The SMILES string of the molecule is CCCCC1CCC(C(=O)N[C@@H](CC(N)=O)C(=O)O)CC1. The number of carboxylic acid groups (broad SMARTS) is 1. The van der Waals surface area contributed by atoms with Crippen LogP contribution in [0.1, 0.15) is 58.3 Å². The Morgan fingerprint density at radius 1 is 1.24 bits per heavy atom. The van der Waals surface area contributed by atoms with Gasteiger partial charge in [-0.15, -0.1) is 0 Å². The molecule has 4 N–H and O–H groups in total. The lowest BCUT2D eigenvalue weighted by atomic mass is 9.79. The van der Waals surface area contributed by atoms with Crippen molar-refractivity contribution in [1.82, 2.24) is 5.32 Å². The van der Waals surface area contributed by atoms with Crippen LogP contribution in [0.4, 0.5) is 0 Å². The first-order chi connectivity index (χ1) is 9.93. The van der Waals surface area contributed by atoms with Crippen LogP contribution in [0.2, 0.25) is 0 Å². The van der Waals surface area contributed by atoms with Gasteiger partial charge in [-0.3, -0.25) is 9.59 Å². The minimum Gasteiger partial charge on any atom is -0.480 e. The molecule has 21 heavy (non-hydrogen) atoms. The lowest BCUT2D eigenvalue weighted by molar-refractivity contribution is -0.144. The normalized spacial score (nSPS) is 23.3. The number of amides is 2. The van der Waals surface area contributed by atoms with E-state index in [2.05, 4.69) is 12.2 Å². The Morgan fingerprint density at radius 2 is 1.86 bits per heavy atom. The van der Waals surface area contributed by atoms with Gasteiger partial charge in [0.2, 0.25) is 11.8 Å². The molecule has 6 heteroatoms. The summed E-state index contributed by atoms with van der Waals surface area (Å²) >= 11 is 0. The van der Waals surface area contributed by atoms with Crippen LogP contribution >= 0.6 is 0 Å². The molecule has 1 aliphatic rings. The van der Waals surface area contributed by atoms with Crippen molar-refractivity contribution < 1.29 is 19.5 Å². The molecule has 120 valence electrons. The zero-order valence-corrected chi connectivity index (χ0v) is 12.6. The van der Waals surface area contributed by atoms with Gasteiger partial charge in [0.1, 0.15) is 6.04 Å². The average molecular weight is 298 g/mol. The van der Waals surface area contributed by atoms with Crippen LogP contribution in [0.5, 0.6) is 0 Å². The van der Waals surface area contributed by atoms with Crippen molar-refractivity contribution >= 4 is 17.8 Å². The second kappa shape index (κ2) is 8.64. The topological polar surface area (TPSA) is 109 Å². The summed E-state index contributed by atoms with van der Waals surface area (Å²) in [5, 5.41) is 11.4. The highest BCUT2D eigenvalue weighted by molar-refractivity contribution is 5.88. The lowest BCUT2D eigenvalue weighted by Crippen LogP contribution is -2.46. The number of nitrogens with two attached hydrogens (primary N) is 1. The van der Waals surface area contributed by atoms with E-state index in [1.807, 2.05) is 0 Å². The van der Waals surface area contributed by atoms with Crippen LogP contribution in [0.3, 0.4) is 0 Å². The highest BCUT2D eigenvalue weighted by Gasteiger charge is 2.29. The van der Waals surface area contributed by atoms with Gasteiger partial charge < -0.3 is 16.2 Å². The average Bonchev–Trinajstić information content (AvgIpc) is 2.44. The predicted octanol–water partition coefficient (Wildman–Crippen LogP) is 1.43. The Balaban J connectivity index is 2.42. The van der Waals surface area contributed by atoms with Crippen molar-refractivity contribution in [2.75, 3.05) is 0 Å². The minimum atomic E-state index is -1.22. The minimum absolute atomic E-state index is 0.141. The van der Waals surface area contributed by atoms with Crippen molar-refractivity contribution in [2.45, 2.75) is 64.3 Å². The molecule has 6 nitrogen and oxygen atoms in total. The summed E-state index contributed by atoms with van der Waals surface area (Å²) in [6.07, 6.45) is 6.88. The summed E-state index contributed by atoms with van der Waals surface area (Å²) in [6, 6.07) is -1.21. The van der Waals surface area contributed by atoms with Crippen molar-refractivity contribution in [2.24, 2.45) is 17.6 Å². The summed E-state index contributed by atoms with van der Waals surface area (Å²) in [6.45, 7) is 2.17. The Hall–Kier alpha value is -1.59. The second-order valence-electron chi connectivity index (χ2n) is 5.93. The fourth-order valence-corrected chi connectivity index (χ4v) is 2.90. The maximum Gasteiger partial charge on any atom is 0.326 e. The summed E-state index contributed by atoms with van der Waals surface area (Å²) in [7, 11) is 0. The molecule has 0 aromatic carbocycles. The fraction of sp³-hybridized carbons (Fsp3) is 0.800. The Bertz CT molecular complexity index is 376. The molecular weight excluding hydrogens is 272 g/mol. The molecule has 0 aromatic heterocycles. The van der Waals surface area contributed by atoms with E-state index in [4.69, 9.17) is 10.8 Å². The van der Waals surface area contributed by atoms with Crippen LogP contribution in [0.15, 0.2) is 0 Å². The molecule has 0 heterocycles. The summed E-state index contributed by atoms with van der Waals surface area (Å²) < 4.78 is 0. The van der Waals surface area contributed by atoms with Gasteiger partial charge in [-0.05, 0) is 31.6 Å². The molecule has 0 aromatic rings. The third kappa shape index (κ3) is 6.14. The Kier molecular flexibility index (Phi) is 7.19. The maximum atomic E-state index is 12.1. The molecule has 0 spiro atoms. The molecule has 1 aliphatic carbocycles. The monoisotopic (exact) mass is 298 g/mol. The van der Waals surface area contributed by atoms with E-state index in [-0.39, 0.29) is 18.2 Å². The van der Waals surface area contributed by atoms with Gasteiger partial charge in [0.15, 0.2) is 0 Å². The van der Waals surface area contributed by atoms with Crippen molar-refractivity contribution in [3.63, 3.8) is 0 Å². The summed E-state index contributed by atoms with van der Waals surface area (Å²) in [5.74, 6) is -1.67. The predicted molar refractivity (Wildman–Crippen MR) is 78.4 cm³/mol. The Morgan fingerprint density at radius 3 is 2.33 bits per heavy atom. The van der Waals surface area contributed by atoms with Crippen LogP contribution in [-0.2, 0) is 14.4 Å². The number of rotatable bonds is 8. The first kappa shape index (κ1) is 17.5. The fourth-order valence-electron chi connectivity index (χ4n) is 2.90. The van der Waals surface area contributed by atoms with Gasteiger partial charge in [0.25, 0.3) is 0 Å². The molecule has 2 amide bonds. The highest BCUT2D eigenvalue weighted by Crippen LogP contribution is 2.32. The first-order valence-corrected chi connectivity index (χ1v) is 7.75.